The molecule has 1 aromatic carbocycles. The summed E-state index contributed by atoms with van der Waals surface area (Å²) < 4.78 is 0. The predicted molar refractivity (Wildman–Crippen MR) is 82.0 cm³/mol. The highest BCUT2D eigenvalue weighted by molar-refractivity contribution is 5.61. The van der Waals surface area contributed by atoms with Crippen LogP contribution in [0.15, 0.2) is 18.2 Å². The van der Waals surface area contributed by atoms with Crippen molar-refractivity contribution in [3.8, 4) is 6.07 Å². The third-order valence-electron chi connectivity index (χ3n) is 4.46. The Morgan fingerprint density at radius 3 is 2.57 bits per heavy atom. The van der Waals surface area contributed by atoms with Gasteiger partial charge in [0.25, 0.3) is 5.69 Å². The van der Waals surface area contributed by atoms with Crippen molar-refractivity contribution in [2.24, 2.45) is 11.8 Å². The lowest BCUT2D eigenvalue weighted by molar-refractivity contribution is -0.384. The first-order valence-corrected chi connectivity index (χ1v) is 7.56. The van der Waals surface area contributed by atoms with Gasteiger partial charge in [0.05, 0.1) is 16.2 Å². The predicted octanol–water partition coefficient (Wildman–Crippen LogP) is 4.09. The largest absolute Gasteiger partial charge is 0.384 e. The highest BCUT2D eigenvalue weighted by Gasteiger charge is 2.20. The second-order valence-electron chi connectivity index (χ2n) is 5.77. The average molecular weight is 287 g/mol. The van der Waals surface area contributed by atoms with E-state index in [0.717, 1.165) is 12.5 Å². The number of nitrogens with one attached hydrogen (secondary N) is 1. The molecule has 0 radical (unpaired) electrons. The van der Waals surface area contributed by atoms with E-state index < -0.39 is 4.92 Å². The van der Waals surface area contributed by atoms with Gasteiger partial charge in [0.1, 0.15) is 6.07 Å². The van der Waals surface area contributed by atoms with Gasteiger partial charge in [0, 0.05) is 18.7 Å². The summed E-state index contributed by atoms with van der Waals surface area (Å²) >= 11 is 0. The lowest BCUT2D eigenvalue weighted by atomic mass is 9.81. The molecule has 0 aromatic heterocycles. The molecule has 0 spiro atoms. The maximum absolute atomic E-state index is 10.7. The van der Waals surface area contributed by atoms with Crippen LogP contribution in [-0.4, -0.2) is 11.5 Å². The summed E-state index contributed by atoms with van der Waals surface area (Å²) in [6.07, 6.45) is 6.28. The number of nitro benzene ring substituents is 1. The Kier molecular flexibility index (Phi) is 5.15. The van der Waals surface area contributed by atoms with E-state index in [9.17, 15) is 10.1 Å². The fourth-order valence-electron chi connectivity index (χ4n) is 2.99. The Labute approximate surface area is 125 Å². The van der Waals surface area contributed by atoms with Crippen LogP contribution in [0, 0.1) is 33.3 Å². The number of anilines is 1. The molecule has 5 nitrogen and oxygen atoms in total. The zero-order valence-electron chi connectivity index (χ0n) is 12.3. The van der Waals surface area contributed by atoms with Gasteiger partial charge >= 0.3 is 0 Å². The minimum atomic E-state index is -0.476. The highest BCUT2D eigenvalue weighted by atomic mass is 16.6. The van der Waals surface area contributed by atoms with Crippen molar-refractivity contribution in [2.75, 3.05) is 11.9 Å². The SMILES string of the molecule is CCC1CCC(CNc2ccc([N+](=O)[O-])cc2C#N)CC1. The van der Waals surface area contributed by atoms with Gasteiger partial charge in [0.2, 0.25) is 0 Å². The van der Waals surface area contributed by atoms with E-state index in [2.05, 4.69) is 12.2 Å². The lowest BCUT2D eigenvalue weighted by Crippen LogP contribution is -2.21. The number of nitriles is 1. The van der Waals surface area contributed by atoms with Crippen LogP contribution in [0.4, 0.5) is 11.4 Å². The summed E-state index contributed by atoms with van der Waals surface area (Å²) in [6, 6.07) is 6.43. The van der Waals surface area contributed by atoms with Gasteiger partial charge in [-0.1, -0.05) is 26.2 Å². The number of hydrogen-bond acceptors (Lipinski definition) is 4. The van der Waals surface area contributed by atoms with E-state index >= 15 is 0 Å². The van der Waals surface area contributed by atoms with Crippen LogP contribution >= 0.6 is 0 Å². The molecule has 0 amide bonds. The second kappa shape index (κ2) is 7.07. The van der Waals surface area contributed by atoms with E-state index in [4.69, 9.17) is 5.26 Å². The van der Waals surface area contributed by atoms with E-state index in [1.807, 2.05) is 6.07 Å². The molecule has 0 heterocycles. The molecule has 0 unspecified atom stereocenters. The van der Waals surface area contributed by atoms with Gasteiger partial charge in [-0.2, -0.15) is 5.26 Å². The standard InChI is InChI=1S/C16H21N3O2/c1-2-12-3-5-13(6-4-12)11-18-16-8-7-15(19(20)21)9-14(16)10-17/h7-9,12-13,18H,2-6,11H2,1H3. The van der Waals surface area contributed by atoms with Gasteiger partial charge in [-0.05, 0) is 30.7 Å². The first-order chi connectivity index (χ1) is 10.1. The molecular weight excluding hydrogens is 266 g/mol. The molecule has 112 valence electrons. The van der Waals surface area contributed by atoms with Crippen LogP contribution in [0.2, 0.25) is 0 Å². The smallest absolute Gasteiger partial charge is 0.270 e. The summed E-state index contributed by atoms with van der Waals surface area (Å²) in [7, 11) is 0. The van der Waals surface area contributed by atoms with Gasteiger partial charge in [0.15, 0.2) is 0 Å². The molecule has 1 aliphatic carbocycles. The van der Waals surface area contributed by atoms with Crippen molar-refractivity contribution in [1.82, 2.24) is 0 Å². The summed E-state index contributed by atoms with van der Waals surface area (Å²) in [5.41, 5.74) is 0.993. The molecule has 1 aromatic rings. The Morgan fingerprint density at radius 2 is 2.00 bits per heavy atom. The molecule has 2 rings (SSSR count). The normalized spacial score (nSPS) is 21.5. The molecule has 1 saturated carbocycles. The third-order valence-corrected chi connectivity index (χ3v) is 4.46. The number of nitro groups is 1. The Bertz CT molecular complexity index is 543. The number of nitrogens with zero attached hydrogens (tertiary/aromatic N) is 2. The Morgan fingerprint density at radius 1 is 1.33 bits per heavy atom. The van der Waals surface area contributed by atoms with E-state index in [1.165, 1.54) is 44.2 Å². The van der Waals surface area contributed by atoms with E-state index in [1.54, 1.807) is 6.07 Å². The van der Waals surface area contributed by atoms with Crippen molar-refractivity contribution in [2.45, 2.75) is 39.0 Å². The zero-order chi connectivity index (χ0) is 15.2. The Balaban J connectivity index is 1.94. The van der Waals surface area contributed by atoms with Gasteiger partial charge < -0.3 is 5.32 Å². The van der Waals surface area contributed by atoms with Gasteiger partial charge in [-0.15, -0.1) is 0 Å². The topological polar surface area (TPSA) is 79.0 Å². The minimum Gasteiger partial charge on any atom is -0.384 e. The molecule has 0 bridgehead atoms. The zero-order valence-corrected chi connectivity index (χ0v) is 12.3. The van der Waals surface area contributed by atoms with Crippen molar-refractivity contribution in [3.05, 3.63) is 33.9 Å². The third kappa shape index (κ3) is 3.94. The molecule has 1 aliphatic rings. The van der Waals surface area contributed by atoms with Gasteiger partial charge in [-0.25, -0.2) is 0 Å². The summed E-state index contributed by atoms with van der Waals surface area (Å²) in [6.45, 7) is 3.09. The molecule has 0 saturated heterocycles. The van der Waals surface area contributed by atoms with E-state index in [-0.39, 0.29) is 5.69 Å². The van der Waals surface area contributed by atoms with Crippen molar-refractivity contribution in [3.63, 3.8) is 0 Å². The number of hydrogen-bond donors (Lipinski definition) is 1. The monoisotopic (exact) mass is 287 g/mol. The molecule has 5 heteroatoms. The van der Waals surface area contributed by atoms with Crippen LogP contribution in [0.1, 0.15) is 44.6 Å². The van der Waals surface area contributed by atoms with Crippen LogP contribution in [0.3, 0.4) is 0 Å². The molecule has 1 fully saturated rings. The van der Waals surface area contributed by atoms with Gasteiger partial charge in [-0.3, -0.25) is 10.1 Å². The fraction of sp³-hybridized carbons (Fsp3) is 0.562. The number of rotatable bonds is 5. The quantitative estimate of drug-likeness (QED) is 0.653. The number of benzene rings is 1. The molecule has 0 aliphatic heterocycles. The van der Waals surface area contributed by atoms with Crippen molar-refractivity contribution in [1.29, 1.82) is 5.26 Å². The highest BCUT2D eigenvalue weighted by Crippen LogP contribution is 2.31. The molecule has 0 atom stereocenters. The van der Waals surface area contributed by atoms with E-state index in [0.29, 0.717) is 17.2 Å². The Hall–Kier alpha value is -2.09. The van der Waals surface area contributed by atoms with Crippen molar-refractivity contribution < 1.29 is 4.92 Å². The second-order valence-corrected chi connectivity index (χ2v) is 5.77. The van der Waals surface area contributed by atoms with Crippen LogP contribution < -0.4 is 5.32 Å². The first kappa shape index (κ1) is 15.3. The molecular formula is C16H21N3O2. The number of non-ortho nitro benzene ring substituents is 1. The summed E-state index contributed by atoms with van der Waals surface area (Å²) in [5, 5.41) is 23.1. The molecule has 1 N–H and O–H groups in total. The van der Waals surface area contributed by atoms with Crippen LogP contribution in [0.25, 0.3) is 0 Å². The van der Waals surface area contributed by atoms with Crippen molar-refractivity contribution >= 4 is 11.4 Å². The average Bonchev–Trinajstić information content (AvgIpc) is 2.53. The maximum atomic E-state index is 10.7. The first-order valence-electron chi connectivity index (χ1n) is 7.56. The maximum Gasteiger partial charge on any atom is 0.270 e. The van der Waals surface area contributed by atoms with Crippen LogP contribution in [0.5, 0.6) is 0 Å². The lowest BCUT2D eigenvalue weighted by Gasteiger charge is -2.28. The molecule has 21 heavy (non-hydrogen) atoms. The fourth-order valence-corrected chi connectivity index (χ4v) is 2.99. The summed E-state index contributed by atoms with van der Waals surface area (Å²) in [4.78, 5) is 10.2. The summed E-state index contributed by atoms with van der Waals surface area (Å²) in [5.74, 6) is 1.50. The minimum absolute atomic E-state index is 0.0412. The van der Waals surface area contributed by atoms with Crippen LogP contribution in [-0.2, 0) is 0 Å².